The SMILES string of the molecule is CNc1nc2sccn2c1S(=O)(=O)N1CC(=O)NC(=O)C1. The van der Waals surface area contributed by atoms with Crippen LogP contribution in [-0.4, -0.2) is 54.1 Å². The van der Waals surface area contributed by atoms with Gasteiger partial charge in [0.25, 0.3) is 10.0 Å². The first-order valence-corrected chi connectivity index (χ1v) is 8.21. The van der Waals surface area contributed by atoms with E-state index in [4.69, 9.17) is 0 Å². The van der Waals surface area contributed by atoms with Crippen molar-refractivity contribution in [1.82, 2.24) is 19.0 Å². The van der Waals surface area contributed by atoms with E-state index < -0.39 is 34.9 Å². The minimum absolute atomic E-state index is 0.0799. The van der Waals surface area contributed by atoms with Gasteiger partial charge in [-0.1, -0.05) is 0 Å². The highest BCUT2D eigenvalue weighted by atomic mass is 32.2. The van der Waals surface area contributed by atoms with Crippen molar-refractivity contribution < 1.29 is 18.0 Å². The summed E-state index contributed by atoms with van der Waals surface area (Å²) in [4.78, 5) is 27.5. The summed E-state index contributed by atoms with van der Waals surface area (Å²) in [7, 11) is -2.47. The summed E-state index contributed by atoms with van der Waals surface area (Å²) >= 11 is 1.28. The van der Waals surface area contributed by atoms with Crippen LogP contribution in [0.1, 0.15) is 0 Å². The summed E-state index contributed by atoms with van der Waals surface area (Å²) < 4.78 is 27.7. The molecule has 21 heavy (non-hydrogen) atoms. The van der Waals surface area contributed by atoms with Gasteiger partial charge in [-0.05, 0) is 0 Å². The number of hydrogen-bond donors (Lipinski definition) is 2. The lowest BCUT2D eigenvalue weighted by molar-refractivity contribution is -0.134. The lowest BCUT2D eigenvalue weighted by Gasteiger charge is -2.24. The van der Waals surface area contributed by atoms with E-state index in [2.05, 4.69) is 15.6 Å². The second-order valence-electron chi connectivity index (χ2n) is 4.32. The number of imidazole rings is 1. The average molecular weight is 329 g/mol. The summed E-state index contributed by atoms with van der Waals surface area (Å²) in [6.07, 6.45) is 1.58. The zero-order valence-corrected chi connectivity index (χ0v) is 12.5. The van der Waals surface area contributed by atoms with Crippen LogP contribution in [0.4, 0.5) is 5.82 Å². The maximum atomic E-state index is 12.7. The molecule has 1 fully saturated rings. The number of imide groups is 1. The number of nitrogens with zero attached hydrogens (tertiary/aromatic N) is 3. The normalized spacial score (nSPS) is 17.2. The molecule has 0 unspecified atom stereocenters. The minimum Gasteiger partial charge on any atom is -0.371 e. The van der Waals surface area contributed by atoms with Crippen molar-refractivity contribution in [2.75, 3.05) is 25.5 Å². The first-order valence-electron chi connectivity index (χ1n) is 5.89. The Labute approximate surface area is 123 Å². The van der Waals surface area contributed by atoms with Crippen molar-refractivity contribution in [1.29, 1.82) is 0 Å². The highest BCUT2D eigenvalue weighted by Gasteiger charge is 2.37. The molecule has 0 spiro atoms. The third-order valence-corrected chi connectivity index (χ3v) is 5.53. The van der Waals surface area contributed by atoms with Gasteiger partial charge in [0.2, 0.25) is 11.8 Å². The van der Waals surface area contributed by atoms with E-state index >= 15 is 0 Å². The Bertz CT molecular complexity index is 821. The van der Waals surface area contributed by atoms with Crippen LogP contribution in [0.25, 0.3) is 4.96 Å². The van der Waals surface area contributed by atoms with Crippen LogP contribution in [0.15, 0.2) is 16.6 Å². The molecular weight excluding hydrogens is 318 g/mol. The Morgan fingerprint density at radius 2 is 2.00 bits per heavy atom. The molecule has 0 aromatic carbocycles. The molecule has 2 aromatic rings. The van der Waals surface area contributed by atoms with Crippen LogP contribution in [0.5, 0.6) is 0 Å². The minimum atomic E-state index is -4.03. The summed E-state index contributed by atoms with van der Waals surface area (Å²) in [5.41, 5.74) is 0. The number of fused-ring (bicyclic) bond motifs is 1. The Morgan fingerprint density at radius 3 is 2.62 bits per heavy atom. The zero-order valence-electron chi connectivity index (χ0n) is 10.9. The highest BCUT2D eigenvalue weighted by Crippen LogP contribution is 2.28. The average Bonchev–Trinajstić information content (AvgIpc) is 2.96. The Balaban J connectivity index is 2.13. The van der Waals surface area contributed by atoms with Crippen LogP contribution in [0, 0.1) is 0 Å². The molecule has 3 heterocycles. The second-order valence-corrected chi connectivity index (χ2v) is 7.04. The standard InChI is InChI=1S/C10H11N5O4S2/c1-11-8-9(15-2-3-20-10(15)13-8)21(18,19)14-4-6(16)12-7(17)5-14/h2-3,11H,4-5H2,1H3,(H,12,16,17). The number of sulfonamides is 1. The number of hydrogen-bond acceptors (Lipinski definition) is 7. The predicted molar refractivity (Wildman–Crippen MR) is 74.5 cm³/mol. The van der Waals surface area contributed by atoms with Crippen molar-refractivity contribution in [2.45, 2.75) is 5.03 Å². The molecule has 3 rings (SSSR count). The van der Waals surface area contributed by atoms with Crippen LogP contribution in [0.2, 0.25) is 0 Å². The lowest BCUT2D eigenvalue weighted by atomic mass is 10.4. The number of nitrogens with one attached hydrogen (secondary N) is 2. The second kappa shape index (κ2) is 4.79. The fourth-order valence-electron chi connectivity index (χ4n) is 2.08. The van der Waals surface area contributed by atoms with Crippen LogP contribution in [-0.2, 0) is 19.6 Å². The summed E-state index contributed by atoms with van der Waals surface area (Å²) in [5.74, 6) is -1.11. The molecule has 0 atom stereocenters. The number of rotatable bonds is 3. The molecule has 1 aliphatic heterocycles. The molecule has 2 aromatic heterocycles. The monoisotopic (exact) mass is 329 g/mol. The molecule has 0 saturated carbocycles. The number of carbonyl (C=O) groups excluding carboxylic acids is 2. The molecule has 112 valence electrons. The van der Waals surface area contributed by atoms with Crippen LogP contribution >= 0.6 is 11.3 Å². The Morgan fingerprint density at radius 1 is 1.33 bits per heavy atom. The van der Waals surface area contributed by atoms with E-state index in [1.807, 2.05) is 0 Å². The first kappa shape index (κ1) is 14.0. The van der Waals surface area contributed by atoms with E-state index in [0.717, 1.165) is 4.31 Å². The summed E-state index contributed by atoms with van der Waals surface area (Å²) in [6, 6.07) is 0. The van der Waals surface area contributed by atoms with E-state index in [0.29, 0.717) is 4.96 Å². The van der Waals surface area contributed by atoms with E-state index in [1.54, 1.807) is 18.6 Å². The van der Waals surface area contributed by atoms with E-state index in [-0.39, 0.29) is 10.8 Å². The molecule has 2 amide bonds. The molecule has 0 bridgehead atoms. The molecule has 0 radical (unpaired) electrons. The van der Waals surface area contributed by atoms with Crippen LogP contribution < -0.4 is 10.6 Å². The lowest BCUT2D eigenvalue weighted by Crippen LogP contribution is -2.53. The Kier molecular flexibility index (Phi) is 3.19. The number of thiazole rings is 1. The molecule has 11 heteroatoms. The quantitative estimate of drug-likeness (QED) is 0.705. The maximum Gasteiger partial charge on any atom is 0.263 e. The van der Waals surface area contributed by atoms with Gasteiger partial charge in [0.1, 0.15) is 0 Å². The number of aromatic nitrogens is 2. The summed E-state index contributed by atoms with van der Waals surface area (Å²) in [6.45, 7) is -0.788. The number of anilines is 1. The Hall–Kier alpha value is -1.98. The fraction of sp³-hybridized carbons (Fsp3) is 0.300. The van der Waals surface area contributed by atoms with Crippen molar-refractivity contribution >= 4 is 44.0 Å². The molecule has 1 aliphatic rings. The largest absolute Gasteiger partial charge is 0.371 e. The van der Waals surface area contributed by atoms with Gasteiger partial charge in [0.15, 0.2) is 15.8 Å². The maximum absolute atomic E-state index is 12.7. The van der Waals surface area contributed by atoms with Crippen molar-refractivity contribution in [2.24, 2.45) is 0 Å². The molecular formula is C10H11N5O4S2. The van der Waals surface area contributed by atoms with Gasteiger partial charge < -0.3 is 5.32 Å². The van der Waals surface area contributed by atoms with Gasteiger partial charge in [-0.3, -0.25) is 19.3 Å². The van der Waals surface area contributed by atoms with Crippen molar-refractivity contribution in [3.8, 4) is 0 Å². The van der Waals surface area contributed by atoms with E-state index in [1.165, 1.54) is 15.7 Å². The van der Waals surface area contributed by atoms with E-state index in [9.17, 15) is 18.0 Å². The number of amides is 2. The molecule has 9 nitrogen and oxygen atoms in total. The van der Waals surface area contributed by atoms with Gasteiger partial charge in [-0.15, -0.1) is 11.3 Å². The van der Waals surface area contributed by atoms with Gasteiger partial charge in [0.05, 0.1) is 13.1 Å². The van der Waals surface area contributed by atoms with Gasteiger partial charge in [0, 0.05) is 18.6 Å². The number of carbonyl (C=O) groups is 2. The topological polar surface area (TPSA) is 113 Å². The summed E-state index contributed by atoms with van der Waals surface area (Å²) in [5, 5.41) is 6.41. The molecule has 2 N–H and O–H groups in total. The van der Waals surface area contributed by atoms with Gasteiger partial charge in [-0.25, -0.2) is 13.4 Å². The van der Waals surface area contributed by atoms with Crippen molar-refractivity contribution in [3.63, 3.8) is 0 Å². The first-order chi connectivity index (χ1) is 9.93. The van der Waals surface area contributed by atoms with Gasteiger partial charge >= 0.3 is 0 Å². The van der Waals surface area contributed by atoms with Gasteiger partial charge in [-0.2, -0.15) is 4.31 Å². The third-order valence-electron chi connectivity index (χ3n) is 2.96. The molecule has 0 aliphatic carbocycles. The van der Waals surface area contributed by atoms with Crippen molar-refractivity contribution in [3.05, 3.63) is 11.6 Å². The number of piperazine rings is 1. The third kappa shape index (κ3) is 2.18. The zero-order chi connectivity index (χ0) is 15.2. The van der Waals surface area contributed by atoms with Crippen LogP contribution in [0.3, 0.4) is 0 Å². The predicted octanol–water partition coefficient (Wildman–Crippen LogP) is -0.915. The highest BCUT2D eigenvalue weighted by molar-refractivity contribution is 7.89. The fourth-order valence-corrected chi connectivity index (χ4v) is 4.46. The molecule has 1 saturated heterocycles. The smallest absolute Gasteiger partial charge is 0.263 e.